The standard InChI is InChI=1S/C13H8N5S2/c14-13-17-10(11-12(18-13)16-6-15-11)9-4-3-8(20-9)7-2-1-5-19-7/h1-6H,(H2,14,17,18). The first-order valence-electron chi connectivity index (χ1n) is 5.86. The number of nitrogen functional groups attached to an aromatic ring is 1. The molecule has 0 atom stereocenters. The molecule has 0 amide bonds. The molecule has 1 radical (unpaired) electrons. The van der Waals surface area contributed by atoms with E-state index in [2.05, 4.69) is 37.8 Å². The van der Waals surface area contributed by atoms with Gasteiger partial charge in [0.15, 0.2) is 5.82 Å². The molecule has 0 spiro atoms. The molecule has 3 aromatic rings. The van der Waals surface area contributed by atoms with Crippen molar-refractivity contribution in [2.24, 2.45) is 4.99 Å². The molecular formula is C13H8N5S2. The predicted molar refractivity (Wildman–Crippen MR) is 83.0 cm³/mol. The fraction of sp³-hybridized carbons (Fsp3) is 0. The van der Waals surface area contributed by atoms with Crippen molar-refractivity contribution in [3.63, 3.8) is 0 Å². The average molecular weight is 298 g/mol. The van der Waals surface area contributed by atoms with Crippen molar-refractivity contribution in [3.8, 4) is 20.3 Å². The molecule has 0 unspecified atom stereocenters. The van der Waals surface area contributed by atoms with E-state index in [1.165, 1.54) is 16.1 Å². The molecular weight excluding hydrogens is 290 g/mol. The number of thiophene rings is 2. The summed E-state index contributed by atoms with van der Waals surface area (Å²) >= 11 is 3.39. The molecule has 7 heteroatoms. The minimum Gasteiger partial charge on any atom is -0.368 e. The van der Waals surface area contributed by atoms with Gasteiger partial charge in [-0.3, -0.25) is 0 Å². The van der Waals surface area contributed by atoms with Gasteiger partial charge in [0.2, 0.25) is 5.95 Å². The number of hydrogen-bond acceptors (Lipinski definition) is 6. The fourth-order valence-corrected chi connectivity index (χ4v) is 3.83. The highest BCUT2D eigenvalue weighted by atomic mass is 32.1. The van der Waals surface area contributed by atoms with E-state index in [9.17, 15) is 0 Å². The zero-order valence-electron chi connectivity index (χ0n) is 10.1. The number of hydrogen-bond donors (Lipinski definition) is 1. The fourth-order valence-electron chi connectivity index (χ4n) is 2.00. The van der Waals surface area contributed by atoms with E-state index in [1.807, 2.05) is 12.1 Å². The van der Waals surface area contributed by atoms with Crippen molar-refractivity contribution in [1.29, 1.82) is 0 Å². The van der Waals surface area contributed by atoms with Gasteiger partial charge >= 0.3 is 0 Å². The molecule has 4 heterocycles. The summed E-state index contributed by atoms with van der Waals surface area (Å²) in [7, 11) is 0. The first kappa shape index (κ1) is 11.6. The molecule has 0 aromatic carbocycles. The largest absolute Gasteiger partial charge is 0.368 e. The smallest absolute Gasteiger partial charge is 0.222 e. The number of aromatic nitrogens is 2. The highest BCUT2D eigenvalue weighted by molar-refractivity contribution is 7.23. The number of aliphatic imine (C=N–C) groups is 1. The van der Waals surface area contributed by atoms with Gasteiger partial charge in [0.1, 0.15) is 17.7 Å². The Labute approximate surface area is 122 Å². The summed E-state index contributed by atoms with van der Waals surface area (Å²) in [6.07, 6.45) is 1.48. The van der Waals surface area contributed by atoms with Crippen molar-refractivity contribution in [1.82, 2.24) is 15.3 Å². The van der Waals surface area contributed by atoms with E-state index in [4.69, 9.17) is 5.73 Å². The highest BCUT2D eigenvalue weighted by Crippen LogP contribution is 2.42. The summed E-state index contributed by atoms with van der Waals surface area (Å²) in [5.74, 6) is 0.762. The molecule has 97 valence electrons. The lowest BCUT2D eigenvalue weighted by atomic mass is 10.2. The zero-order chi connectivity index (χ0) is 13.5. The summed E-state index contributed by atoms with van der Waals surface area (Å²) in [5, 5.41) is 6.15. The quantitative estimate of drug-likeness (QED) is 0.787. The summed E-state index contributed by atoms with van der Waals surface area (Å²) in [4.78, 5) is 16.1. The number of fused-ring (bicyclic) bond motifs is 1. The number of nitrogens with zero attached hydrogens (tertiary/aromatic N) is 4. The Morgan fingerprint density at radius 3 is 2.75 bits per heavy atom. The Bertz CT molecular complexity index is 804. The molecule has 3 aromatic heterocycles. The zero-order valence-corrected chi connectivity index (χ0v) is 11.8. The maximum Gasteiger partial charge on any atom is 0.222 e. The number of rotatable bonds is 2. The molecule has 20 heavy (non-hydrogen) atoms. The molecule has 0 saturated carbocycles. The molecule has 0 fully saturated rings. The maximum atomic E-state index is 5.74. The summed E-state index contributed by atoms with van der Waals surface area (Å²) in [6.45, 7) is 0. The van der Waals surface area contributed by atoms with Gasteiger partial charge in [0.05, 0.1) is 4.88 Å². The summed E-state index contributed by atoms with van der Waals surface area (Å²) in [6, 6.07) is 8.28. The van der Waals surface area contributed by atoms with Gasteiger partial charge in [-0.2, -0.15) is 4.98 Å². The lowest BCUT2D eigenvalue weighted by molar-refractivity contribution is 1.14. The highest BCUT2D eigenvalue weighted by Gasteiger charge is 2.20. The molecule has 1 aliphatic heterocycles. The van der Waals surface area contributed by atoms with E-state index >= 15 is 0 Å². The van der Waals surface area contributed by atoms with E-state index in [0.717, 1.165) is 10.6 Å². The third-order valence-corrected chi connectivity index (χ3v) is 5.01. The van der Waals surface area contributed by atoms with Crippen LogP contribution in [0.4, 0.5) is 17.5 Å². The predicted octanol–water partition coefficient (Wildman–Crippen LogP) is 3.43. The third-order valence-electron chi connectivity index (χ3n) is 2.85. The topological polar surface area (TPSA) is 78.3 Å². The normalized spacial score (nSPS) is 12.4. The molecule has 1 aliphatic rings. The van der Waals surface area contributed by atoms with Crippen LogP contribution in [0, 0.1) is 0 Å². The van der Waals surface area contributed by atoms with Gasteiger partial charge in [0, 0.05) is 9.75 Å². The van der Waals surface area contributed by atoms with E-state index < -0.39 is 0 Å². The van der Waals surface area contributed by atoms with E-state index in [-0.39, 0.29) is 5.95 Å². The SMILES string of the molecule is Nc1nc2c(c(-c3ccc(-c4cccs4)s3)n1)N=C[N]2. The van der Waals surface area contributed by atoms with Crippen LogP contribution in [0.1, 0.15) is 0 Å². The van der Waals surface area contributed by atoms with Crippen LogP contribution < -0.4 is 11.1 Å². The van der Waals surface area contributed by atoms with Crippen LogP contribution in [0.25, 0.3) is 20.3 Å². The van der Waals surface area contributed by atoms with Gasteiger partial charge in [0.25, 0.3) is 0 Å². The van der Waals surface area contributed by atoms with Crippen LogP contribution in [0.5, 0.6) is 0 Å². The molecule has 4 rings (SSSR count). The second-order valence-corrected chi connectivity index (χ2v) is 6.15. The van der Waals surface area contributed by atoms with Gasteiger partial charge in [-0.05, 0) is 23.6 Å². The Hall–Kier alpha value is -2.25. The third kappa shape index (κ3) is 1.79. The van der Waals surface area contributed by atoms with Gasteiger partial charge in [-0.1, -0.05) is 6.07 Å². The van der Waals surface area contributed by atoms with Crippen LogP contribution in [-0.2, 0) is 0 Å². The van der Waals surface area contributed by atoms with E-state index in [0.29, 0.717) is 11.5 Å². The Kier molecular flexibility index (Phi) is 2.54. The van der Waals surface area contributed by atoms with Gasteiger partial charge in [-0.15, -0.1) is 22.7 Å². The van der Waals surface area contributed by atoms with Crippen LogP contribution in [-0.4, -0.2) is 16.3 Å². The Morgan fingerprint density at radius 2 is 1.90 bits per heavy atom. The van der Waals surface area contributed by atoms with Crippen LogP contribution >= 0.6 is 22.7 Å². The lowest BCUT2D eigenvalue weighted by Crippen LogP contribution is -1.99. The van der Waals surface area contributed by atoms with E-state index in [1.54, 1.807) is 22.7 Å². The first-order chi connectivity index (χ1) is 9.81. The van der Waals surface area contributed by atoms with Crippen molar-refractivity contribution < 1.29 is 0 Å². The maximum absolute atomic E-state index is 5.74. The monoisotopic (exact) mass is 298 g/mol. The second kappa shape index (κ2) is 4.39. The Morgan fingerprint density at radius 1 is 1.00 bits per heavy atom. The molecule has 5 nitrogen and oxygen atoms in total. The average Bonchev–Trinajstić information content (AvgIpc) is 3.18. The first-order valence-corrected chi connectivity index (χ1v) is 7.56. The van der Waals surface area contributed by atoms with Crippen molar-refractivity contribution in [2.45, 2.75) is 0 Å². The molecule has 0 saturated heterocycles. The van der Waals surface area contributed by atoms with Gasteiger partial charge < -0.3 is 5.73 Å². The second-order valence-electron chi connectivity index (χ2n) is 4.12. The molecule has 2 N–H and O–H groups in total. The van der Waals surface area contributed by atoms with Crippen LogP contribution in [0.3, 0.4) is 0 Å². The van der Waals surface area contributed by atoms with Crippen molar-refractivity contribution in [3.05, 3.63) is 29.6 Å². The lowest BCUT2D eigenvalue weighted by Gasteiger charge is -2.03. The molecule has 0 bridgehead atoms. The van der Waals surface area contributed by atoms with Gasteiger partial charge in [-0.25, -0.2) is 15.3 Å². The Balaban J connectivity index is 1.84. The van der Waals surface area contributed by atoms with Crippen molar-refractivity contribution >= 4 is 46.5 Å². The summed E-state index contributed by atoms with van der Waals surface area (Å²) < 4.78 is 0. The minimum absolute atomic E-state index is 0.221. The van der Waals surface area contributed by atoms with Crippen LogP contribution in [0.2, 0.25) is 0 Å². The van der Waals surface area contributed by atoms with Crippen molar-refractivity contribution in [2.75, 3.05) is 5.73 Å². The summed E-state index contributed by atoms with van der Waals surface area (Å²) in [5.41, 5.74) is 7.18. The number of nitrogens with two attached hydrogens (primary N) is 1. The molecule has 0 aliphatic carbocycles. The number of anilines is 1. The van der Waals surface area contributed by atoms with Crippen LogP contribution in [0.15, 0.2) is 34.6 Å². The minimum atomic E-state index is 0.221.